The van der Waals surface area contributed by atoms with E-state index in [0.29, 0.717) is 0 Å². The Morgan fingerprint density at radius 2 is 1.94 bits per heavy atom. The predicted octanol–water partition coefficient (Wildman–Crippen LogP) is 3.04. The molecular weight excluding hydrogens is 212 g/mol. The average Bonchev–Trinajstić information content (AvgIpc) is 2.62. The molecule has 17 heavy (non-hydrogen) atoms. The minimum atomic E-state index is -0.874. The van der Waals surface area contributed by atoms with E-state index in [-0.39, 0.29) is 17.4 Å². The average molecular weight is 238 g/mol. The molecule has 0 aromatic carbocycles. The molecule has 3 atom stereocenters. The summed E-state index contributed by atoms with van der Waals surface area (Å²) in [6.45, 7) is 6.57. The first-order valence-corrected chi connectivity index (χ1v) is 6.86. The Morgan fingerprint density at radius 1 is 1.24 bits per heavy atom. The van der Waals surface area contributed by atoms with Gasteiger partial charge in [0.15, 0.2) is 0 Å². The number of allylic oxidation sites excluding steroid dienone is 2. The molecule has 0 unspecified atom stereocenters. The van der Waals surface area contributed by atoms with Crippen LogP contribution in [0.5, 0.6) is 0 Å². The maximum Gasteiger partial charge on any atom is 0.0935 e. The molecule has 2 heteroatoms. The molecule has 2 aliphatic carbocycles. The standard InChI is InChI=1S/C15H26O2/c1-12-5-9-13(2,10-6-12)14(3)7-4-8-15(14,17)11-16/h5,16-17H,4,6-11H2,1-3H3/t13-,14-,15+/m1/s1. The number of aliphatic hydroxyl groups is 2. The van der Waals surface area contributed by atoms with Crippen LogP contribution in [0.25, 0.3) is 0 Å². The highest BCUT2D eigenvalue weighted by molar-refractivity contribution is 5.15. The summed E-state index contributed by atoms with van der Waals surface area (Å²) >= 11 is 0. The number of hydrogen-bond donors (Lipinski definition) is 2. The van der Waals surface area contributed by atoms with Gasteiger partial charge >= 0.3 is 0 Å². The molecule has 2 N–H and O–H groups in total. The van der Waals surface area contributed by atoms with Gasteiger partial charge in [0.05, 0.1) is 12.2 Å². The van der Waals surface area contributed by atoms with E-state index >= 15 is 0 Å². The second kappa shape index (κ2) is 4.10. The first-order valence-electron chi connectivity index (χ1n) is 6.86. The van der Waals surface area contributed by atoms with Gasteiger partial charge in [-0.1, -0.05) is 25.5 Å². The summed E-state index contributed by atoms with van der Waals surface area (Å²) < 4.78 is 0. The summed E-state index contributed by atoms with van der Waals surface area (Å²) in [5.74, 6) is 0. The van der Waals surface area contributed by atoms with E-state index in [1.165, 1.54) is 5.57 Å². The molecule has 2 aliphatic rings. The first-order chi connectivity index (χ1) is 7.87. The molecule has 0 heterocycles. The lowest BCUT2D eigenvalue weighted by molar-refractivity contribution is -0.146. The molecule has 0 spiro atoms. The van der Waals surface area contributed by atoms with Gasteiger partial charge < -0.3 is 10.2 Å². The fraction of sp³-hybridized carbons (Fsp3) is 0.867. The van der Waals surface area contributed by atoms with Gasteiger partial charge in [-0.2, -0.15) is 0 Å². The number of aliphatic hydroxyl groups excluding tert-OH is 1. The number of hydrogen-bond acceptors (Lipinski definition) is 2. The Balaban J connectivity index is 2.32. The minimum Gasteiger partial charge on any atom is -0.393 e. The third-order valence-electron chi connectivity index (χ3n) is 5.86. The van der Waals surface area contributed by atoms with E-state index in [2.05, 4.69) is 26.8 Å². The van der Waals surface area contributed by atoms with E-state index in [1.807, 2.05) is 0 Å². The van der Waals surface area contributed by atoms with Crippen LogP contribution in [-0.2, 0) is 0 Å². The topological polar surface area (TPSA) is 40.5 Å². The quantitative estimate of drug-likeness (QED) is 0.726. The van der Waals surface area contributed by atoms with Crippen molar-refractivity contribution in [2.45, 2.75) is 64.9 Å². The third kappa shape index (κ3) is 1.77. The zero-order valence-corrected chi connectivity index (χ0v) is 11.4. The van der Waals surface area contributed by atoms with Crippen LogP contribution in [0.2, 0.25) is 0 Å². The van der Waals surface area contributed by atoms with E-state index in [0.717, 1.165) is 38.5 Å². The molecular formula is C15H26O2. The molecule has 0 aromatic rings. The van der Waals surface area contributed by atoms with Crippen LogP contribution in [0.3, 0.4) is 0 Å². The predicted molar refractivity (Wildman–Crippen MR) is 69.7 cm³/mol. The Hall–Kier alpha value is -0.340. The molecule has 1 fully saturated rings. The fourth-order valence-corrected chi connectivity index (χ4v) is 3.94. The van der Waals surface area contributed by atoms with Crippen molar-refractivity contribution in [2.75, 3.05) is 6.61 Å². The van der Waals surface area contributed by atoms with Crippen LogP contribution in [0.4, 0.5) is 0 Å². The minimum absolute atomic E-state index is 0.0954. The van der Waals surface area contributed by atoms with Gasteiger partial charge in [0, 0.05) is 5.41 Å². The monoisotopic (exact) mass is 238 g/mol. The van der Waals surface area contributed by atoms with Gasteiger partial charge in [0.2, 0.25) is 0 Å². The summed E-state index contributed by atoms with van der Waals surface area (Å²) in [6.07, 6.45) is 8.45. The van der Waals surface area contributed by atoms with Crippen molar-refractivity contribution in [3.8, 4) is 0 Å². The molecule has 1 saturated carbocycles. The highest BCUT2D eigenvalue weighted by Gasteiger charge is 2.59. The van der Waals surface area contributed by atoms with Gasteiger partial charge in [-0.3, -0.25) is 0 Å². The smallest absolute Gasteiger partial charge is 0.0935 e. The van der Waals surface area contributed by atoms with E-state index in [4.69, 9.17) is 0 Å². The first kappa shape index (κ1) is 13.1. The van der Waals surface area contributed by atoms with Crippen molar-refractivity contribution in [2.24, 2.45) is 10.8 Å². The molecule has 2 rings (SSSR count). The molecule has 98 valence electrons. The van der Waals surface area contributed by atoms with Crippen molar-refractivity contribution in [1.29, 1.82) is 0 Å². The number of rotatable bonds is 2. The van der Waals surface area contributed by atoms with Crippen LogP contribution >= 0.6 is 0 Å². The molecule has 0 bridgehead atoms. The SMILES string of the molecule is CC1=CC[C@@](C)([C@@]2(C)CCC[C@]2(O)CO)CC1. The van der Waals surface area contributed by atoms with E-state index in [1.54, 1.807) is 0 Å². The van der Waals surface area contributed by atoms with Crippen molar-refractivity contribution < 1.29 is 10.2 Å². The fourth-order valence-electron chi connectivity index (χ4n) is 3.94. The van der Waals surface area contributed by atoms with Gasteiger partial charge in [-0.25, -0.2) is 0 Å². The Morgan fingerprint density at radius 3 is 2.47 bits per heavy atom. The van der Waals surface area contributed by atoms with Crippen molar-refractivity contribution in [3.05, 3.63) is 11.6 Å². The molecule has 0 amide bonds. The maximum atomic E-state index is 10.7. The van der Waals surface area contributed by atoms with Gasteiger partial charge in [-0.05, 0) is 50.9 Å². The Labute approximate surface area is 105 Å². The van der Waals surface area contributed by atoms with E-state index in [9.17, 15) is 10.2 Å². The largest absolute Gasteiger partial charge is 0.393 e. The van der Waals surface area contributed by atoms with Crippen molar-refractivity contribution in [1.82, 2.24) is 0 Å². The molecule has 0 saturated heterocycles. The molecule has 0 radical (unpaired) electrons. The summed E-state index contributed by atoms with van der Waals surface area (Å²) in [5.41, 5.74) is 0.574. The Kier molecular flexibility index (Phi) is 3.16. The van der Waals surface area contributed by atoms with Gasteiger partial charge in [0.1, 0.15) is 0 Å². The van der Waals surface area contributed by atoms with Crippen molar-refractivity contribution in [3.63, 3.8) is 0 Å². The lowest BCUT2D eigenvalue weighted by Gasteiger charge is -2.53. The van der Waals surface area contributed by atoms with Crippen LogP contribution in [0.1, 0.15) is 59.3 Å². The summed E-state index contributed by atoms with van der Waals surface area (Å²) in [5, 5.41) is 20.3. The van der Waals surface area contributed by atoms with Crippen molar-refractivity contribution >= 4 is 0 Å². The molecule has 2 nitrogen and oxygen atoms in total. The zero-order chi connectivity index (χ0) is 12.7. The second-order valence-electron chi connectivity index (χ2n) is 6.69. The maximum absolute atomic E-state index is 10.7. The van der Waals surface area contributed by atoms with Crippen LogP contribution < -0.4 is 0 Å². The lowest BCUT2D eigenvalue weighted by atomic mass is 9.54. The highest BCUT2D eigenvalue weighted by Crippen LogP contribution is 2.61. The summed E-state index contributed by atoms with van der Waals surface area (Å²) in [7, 11) is 0. The van der Waals surface area contributed by atoms with Gasteiger partial charge in [0.25, 0.3) is 0 Å². The Bertz CT molecular complexity index is 336. The van der Waals surface area contributed by atoms with Crippen LogP contribution in [0, 0.1) is 10.8 Å². The zero-order valence-electron chi connectivity index (χ0n) is 11.4. The molecule has 0 aromatic heterocycles. The van der Waals surface area contributed by atoms with Crippen LogP contribution in [0.15, 0.2) is 11.6 Å². The normalized spacial score (nSPS) is 47.0. The van der Waals surface area contributed by atoms with Crippen LogP contribution in [-0.4, -0.2) is 22.4 Å². The summed E-state index contributed by atoms with van der Waals surface area (Å²) in [6, 6.07) is 0. The summed E-state index contributed by atoms with van der Waals surface area (Å²) in [4.78, 5) is 0. The third-order valence-corrected chi connectivity index (χ3v) is 5.86. The van der Waals surface area contributed by atoms with Gasteiger partial charge in [-0.15, -0.1) is 0 Å². The molecule has 0 aliphatic heterocycles. The second-order valence-corrected chi connectivity index (χ2v) is 6.69. The lowest BCUT2D eigenvalue weighted by Crippen LogP contribution is -2.54. The highest BCUT2D eigenvalue weighted by atomic mass is 16.3. The van der Waals surface area contributed by atoms with E-state index < -0.39 is 5.60 Å².